The predicted molar refractivity (Wildman–Crippen MR) is 76.9 cm³/mol. The average Bonchev–Trinajstić information content (AvgIpc) is 2.40. The van der Waals surface area contributed by atoms with Crippen LogP contribution in [0.3, 0.4) is 0 Å². The van der Waals surface area contributed by atoms with Crippen molar-refractivity contribution in [3.63, 3.8) is 0 Å². The standard InChI is InChI=1S/C14H11ClF2N2O2/c15-8-5-6-9(10(18)7-8)13(20)19-11-3-1-2-4-12(11)21-14(16)17/h1-7,14H,18H2,(H,19,20). The number of benzene rings is 2. The maximum absolute atomic E-state index is 12.3. The van der Waals surface area contributed by atoms with Gasteiger partial charge < -0.3 is 15.8 Å². The summed E-state index contributed by atoms with van der Waals surface area (Å²) in [6, 6.07) is 10.3. The number of ether oxygens (including phenoxy) is 1. The highest BCUT2D eigenvalue weighted by molar-refractivity contribution is 6.31. The monoisotopic (exact) mass is 312 g/mol. The molecule has 0 fully saturated rings. The molecule has 2 aromatic carbocycles. The van der Waals surface area contributed by atoms with Crippen molar-refractivity contribution in [2.24, 2.45) is 0 Å². The fourth-order valence-electron chi connectivity index (χ4n) is 1.70. The molecule has 4 nitrogen and oxygen atoms in total. The van der Waals surface area contributed by atoms with Crippen molar-refractivity contribution in [2.45, 2.75) is 6.61 Å². The van der Waals surface area contributed by atoms with Gasteiger partial charge in [0.25, 0.3) is 5.91 Å². The Labute approximate surface area is 124 Å². The lowest BCUT2D eigenvalue weighted by Gasteiger charge is -2.12. The summed E-state index contributed by atoms with van der Waals surface area (Å²) in [6.07, 6.45) is 0. The van der Waals surface area contributed by atoms with E-state index in [0.29, 0.717) is 5.02 Å². The fraction of sp³-hybridized carbons (Fsp3) is 0.0714. The van der Waals surface area contributed by atoms with E-state index in [2.05, 4.69) is 10.1 Å². The number of nitrogen functional groups attached to an aromatic ring is 1. The van der Waals surface area contributed by atoms with Crippen LogP contribution in [0.4, 0.5) is 20.2 Å². The molecule has 7 heteroatoms. The van der Waals surface area contributed by atoms with Crippen LogP contribution in [0.15, 0.2) is 42.5 Å². The van der Waals surface area contributed by atoms with Gasteiger partial charge in [0.15, 0.2) is 0 Å². The highest BCUT2D eigenvalue weighted by atomic mass is 35.5. The molecule has 0 saturated carbocycles. The molecule has 2 aromatic rings. The summed E-state index contributed by atoms with van der Waals surface area (Å²) in [5, 5.41) is 2.87. The minimum atomic E-state index is -2.98. The predicted octanol–water partition coefficient (Wildman–Crippen LogP) is 3.78. The number of carbonyl (C=O) groups is 1. The van der Waals surface area contributed by atoms with E-state index in [4.69, 9.17) is 17.3 Å². The van der Waals surface area contributed by atoms with Crippen molar-refractivity contribution >= 4 is 28.9 Å². The molecule has 1 amide bonds. The zero-order valence-corrected chi connectivity index (χ0v) is 11.4. The Morgan fingerprint density at radius 3 is 2.62 bits per heavy atom. The van der Waals surface area contributed by atoms with Crippen LogP contribution < -0.4 is 15.8 Å². The smallest absolute Gasteiger partial charge is 0.387 e. The van der Waals surface area contributed by atoms with Crippen molar-refractivity contribution in [3.8, 4) is 5.75 Å². The van der Waals surface area contributed by atoms with Gasteiger partial charge in [0.1, 0.15) is 5.75 Å². The van der Waals surface area contributed by atoms with Gasteiger partial charge in [-0.05, 0) is 30.3 Å². The molecule has 0 heterocycles. The lowest BCUT2D eigenvalue weighted by molar-refractivity contribution is -0.0493. The molecule has 3 N–H and O–H groups in total. The molecule has 0 aliphatic heterocycles. The maximum Gasteiger partial charge on any atom is 0.387 e. The van der Waals surface area contributed by atoms with E-state index in [9.17, 15) is 13.6 Å². The number of anilines is 2. The lowest BCUT2D eigenvalue weighted by Crippen LogP contribution is -2.15. The minimum Gasteiger partial charge on any atom is -0.433 e. The van der Waals surface area contributed by atoms with Gasteiger partial charge in [-0.2, -0.15) is 8.78 Å². The van der Waals surface area contributed by atoms with E-state index in [1.807, 2.05) is 0 Å². The van der Waals surface area contributed by atoms with Crippen molar-refractivity contribution in [1.29, 1.82) is 0 Å². The number of halogens is 3. The first kappa shape index (κ1) is 15.1. The second-order valence-corrected chi connectivity index (χ2v) is 4.50. The Morgan fingerprint density at radius 2 is 1.95 bits per heavy atom. The zero-order chi connectivity index (χ0) is 15.4. The topological polar surface area (TPSA) is 64.4 Å². The summed E-state index contributed by atoms with van der Waals surface area (Å²) in [4.78, 5) is 12.1. The number of alkyl halides is 2. The molecule has 110 valence electrons. The third-order valence-corrected chi connectivity index (χ3v) is 2.84. The molecule has 21 heavy (non-hydrogen) atoms. The minimum absolute atomic E-state index is 0.122. The van der Waals surface area contributed by atoms with E-state index in [1.54, 1.807) is 6.07 Å². The number of hydrogen-bond acceptors (Lipinski definition) is 3. The average molecular weight is 313 g/mol. The van der Waals surface area contributed by atoms with Gasteiger partial charge in [-0.15, -0.1) is 0 Å². The third kappa shape index (κ3) is 3.82. The highest BCUT2D eigenvalue weighted by Gasteiger charge is 2.14. The summed E-state index contributed by atoms with van der Waals surface area (Å²) in [5.74, 6) is -0.678. The largest absolute Gasteiger partial charge is 0.433 e. The molecule has 0 radical (unpaired) electrons. The molecule has 0 aromatic heterocycles. The van der Waals surface area contributed by atoms with Gasteiger partial charge in [0, 0.05) is 10.7 Å². The highest BCUT2D eigenvalue weighted by Crippen LogP contribution is 2.27. The molecular weight excluding hydrogens is 302 g/mol. The SMILES string of the molecule is Nc1cc(Cl)ccc1C(=O)Nc1ccccc1OC(F)F. The van der Waals surface area contributed by atoms with Crippen molar-refractivity contribution in [3.05, 3.63) is 53.1 Å². The molecule has 0 aliphatic carbocycles. The van der Waals surface area contributed by atoms with E-state index in [0.717, 1.165) is 0 Å². The second kappa shape index (κ2) is 6.41. The number of para-hydroxylation sites is 2. The van der Waals surface area contributed by atoms with Gasteiger partial charge in [-0.1, -0.05) is 23.7 Å². The number of carbonyl (C=O) groups excluding carboxylic acids is 1. The summed E-state index contributed by atoms with van der Waals surface area (Å²) in [5.41, 5.74) is 6.19. The fourth-order valence-corrected chi connectivity index (χ4v) is 1.88. The van der Waals surface area contributed by atoms with Gasteiger partial charge >= 0.3 is 6.61 Å². The molecule has 0 spiro atoms. The first-order valence-electron chi connectivity index (χ1n) is 5.87. The van der Waals surface area contributed by atoms with Crippen molar-refractivity contribution in [2.75, 3.05) is 11.1 Å². The Balaban J connectivity index is 2.23. The van der Waals surface area contributed by atoms with Gasteiger partial charge in [-0.3, -0.25) is 4.79 Å². The maximum atomic E-state index is 12.3. The molecule has 2 rings (SSSR count). The Morgan fingerprint density at radius 1 is 1.24 bits per heavy atom. The molecule has 0 bridgehead atoms. The van der Waals surface area contributed by atoms with Crippen LogP contribution in [0.5, 0.6) is 5.75 Å². The van der Waals surface area contributed by atoms with Gasteiger partial charge in [0.2, 0.25) is 0 Å². The molecule has 0 atom stereocenters. The molecule has 0 saturated heterocycles. The Kier molecular flexibility index (Phi) is 4.59. The summed E-state index contributed by atoms with van der Waals surface area (Å²) in [6.45, 7) is -2.98. The first-order valence-corrected chi connectivity index (χ1v) is 6.25. The van der Waals surface area contributed by atoms with E-state index in [1.165, 1.54) is 36.4 Å². The Bertz CT molecular complexity index is 665. The van der Waals surface area contributed by atoms with E-state index in [-0.39, 0.29) is 22.7 Å². The van der Waals surface area contributed by atoms with Crippen molar-refractivity contribution in [1.82, 2.24) is 0 Å². The van der Waals surface area contributed by atoms with Crippen molar-refractivity contribution < 1.29 is 18.3 Å². The quantitative estimate of drug-likeness (QED) is 0.845. The van der Waals surface area contributed by atoms with Crippen LogP contribution in [0.25, 0.3) is 0 Å². The van der Waals surface area contributed by atoms with Crippen LogP contribution in [-0.4, -0.2) is 12.5 Å². The number of amides is 1. The van der Waals surface area contributed by atoms with Gasteiger partial charge in [-0.25, -0.2) is 0 Å². The van der Waals surface area contributed by atoms with Crippen LogP contribution in [0, 0.1) is 0 Å². The number of nitrogens with one attached hydrogen (secondary N) is 1. The van der Waals surface area contributed by atoms with Crippen LogP contribution in [-0.2, 0) is 0 Å². The van der Waals surface area contributed by atoms with Crippen LogP contribution >= 0.6 is 11.6 Å². The number of nitrogens with two attached hydrogens (primary N) is 1. The summed E-state index contributed by atoms with van der Waals surface area (Å²) in [7, 11) is 0. The number of rotatable bonds is 4. The molecular formula is C14H11ClF2N2O2. The summed E-state index contributed by atoms with van der Waals surface area (Å²) >= 11 is 5.75. The van der Waals surface area contributed by atoms with Gasteiger partial charge in [0.05, 0.1) is 11.3 Å². The molecule has 0 aliphatic rings. The second-order valence-electron chi connectivity index (χ2n) is 4.06. The molecule has 0 unspecified atom stereocenters. The number of hydrogen-bond donors (Lipinski definition) is 2. The van der Waals surface area contributed by atoms with E-state index < -0.39 is 12.5 Å². The normalized spacial score (nSPS) is 10.5. The lowest BCUT2D eigenvalue weighted by atomic mass is 10.1. The zero-order valence-electron chi connectivity index (χ0n) is 10.6. The Hall–Kier alpha value is -2.34. The van der Waals surface area contributed by atoms with Crippen LogP contribution in [0.1, 0.15) is 10.4 Å². The third-order valence-electron chi connectivity index (χ3n) is 2.61. The van der Waals surface area contributed by atoms with Crippen LogP contribution in [0.2, 0.25) is 5.02 Å². The van der Waals surface area contributed by atoms with E-state index >= 15 is 0 Å². The first-order chi connectivity index (χ1) is 9.97. The summed E-state index contributed by atoms with van der Waals surface area (Å²) < 4.78 is 28.9.